The summed E-state index contributed by atoms with van der Waals surface area (Å²) in [4.78, 5) is 2.12. The average molecular weight is 241 g/mol. The normalized spacial score (nSPS) is 14.3. The second-order valence-corrected chi connectivity index (χ2v) is 4.94. The first-order chi connectivity index (χ1) is 7.87. The third-order valence-corrected chi connectivity index (χ3v) is 2.69. The highest BCUT2D eigenvalue weighted by Crippen LogP contribution is 2.21. The van der Waals surface area contributed by atoms with Crippen LogP contribution in [0.25, 0.3) is 0 Å². The molecule has 1 rings (SSSR count). The zero-order chi connectivity index (χ0) is 13.1. The monoisotopic (exact) mass is 241 g/mol. The molecule has 1 atom stereocenters. The van der Waals surface area contributed by atoms with Crippen LogP contribution in [0.3, 0.4) is 0 Å². The lowest BCUT2D eigenvalue weighted by atomic mass is 10.1. The highest BCUT2D eigenvalue weighted by Gasteiger charge is 2.25. The van der Waals surface area contributed by atoms with Crippen molar-refractivity contribution in [2.45, 2.75) is 52.7 Å². The highest BCUT2D eigenvalue weighted by atomic mass is 16.4. The van der Waals surface area contributed by atoms with Gasteiger partial charge in [0.25, 0.3) is 0 Å². The Labute approximate surface area is 103 Å². The van der Waals surface area contributed by atoms with E-state index in [-0.39, 0.29) is 6.04 Å². The Hall–Kier alpha value is -0.940. The molecule has 0 aliphatic heterocycles. The molecule has 0 fully saturated rings. The van der Waals surface area contributed by atoms with Crippen molar-refractivity contribution in [3.63, 3.8) is 0 Å². The van der Waals surface area contributed by atoms with Crippen molar-refractivity contribution in [2.24, 2.45) is 0 Å². The van der Waals surface area contributed by atoms with Crippen LogP contribution in [0.2, 0.25) is 0 Å². The van der Waals surface area contributed by atoms with Crippen molar-refractivity contribution in [1.82, 2.24) is 15.1 Å². The first-order valence-electron chi connectivity index (χ1n) is 6.16. The molecule has 1 aromatic rings. The van der Waals surface area contributed by atoms with Crippen LogP contribution in [0.4, 0.5) is 0 Å². The quantitative estimate of drug-likeness (QED) is 0.822. The molecule has 0 radical (unpaired) electrons. The van der Waals surface area contributed by atoms with Gasteiger partial charge in [-0.3, -0.25) is 4.90 Å². The Bertz CT molecular complexity index is 344. The Morgan fingerprint density at radius 3 is 2.41 bits per heavy atom. The van der Waals surface area contributed by atoms with E-state index in [1.54, 1.807) is 13.8 Å². The number of aryl methyl sites for hydroxylation is 1. The molecule has 98 valence electrons. The third-order valence-electron chi connectivity index (χ3n) is 2.69. The van der Waals surface area contributed by atoms with Crippen molar-refractivity contribution >= 4 is 0 Å². The summed E-state index contributed by atoms with van der Waals surface area (Å²) in [6, 6.07) is 0.0271. The molecular weight excluding hydrogens is 218 g/mol. The fraction of sp³-hybridized carbons (Fsp3) is 0.833. The minimum absolute atomic E-state index is 0.0271. The Morgan fingerprint density at radius 1 is 1.35 bits per heavy atom. The number of rotatable bonds is 6. The van der Waals surface area contributed by atoms with Gasteiger partial charge in [0.1, 0.15) is 0 Å². The molecule has 0 saturated carbocycles. The zero-order valence-electron chi connectivity index (χ0n) is 11.4. The average Bonchev–Trinajstić information content (AvgIpc) is 2.72. The molecule has 1 unspecified atom stereocenters. The van der Waals surface area contributed by atoms with Gasteiger partial charge in [-0.1, -0.05) is 13.8 Å². The maximum Gasteiger partial charge on any atom is 0.233 e. The zero-order valence-corrected chi connectivity index (χ0v) is 11.4. The SMILES string of the molecule is CCc1nnc(C(C)N(CC)CC(C)(C)O)o1. The van der Waals surface area contributed by atoms with Crippen molar-refractivity contribution in [1.29, 1.82) is 0 Å². The van der Waals surface area contributed by atoms with Crippen molar-refractivity contribution in [2.75, 3.05) is 13.1 Å². The minimum atomic E-state index is -0.724. The van der Waals surface area contributed by atoms with Crippen LogP contribution in [0.5, 0.6) is 0 Å². The number of hydrogen-bond acceptors (Lipinski definition) is 5. The van der Waals surface area contributed by atoms with E-state index in [2.05, 4.69) is 22.0 Å². The minimum Gasteiger partial charge on any atom is -0.424 e. The first-order valence-corrected chi connectivity index (χ1v) is 6.16. The Kier molecular flexibility index (Phi) is 4.65. The van der Waals surface area contributed by atoms with Crippen LogP contribution in [0.15, 0.2) is 4.42 Å². The van der Waals surface area contributed by atoms with Gasteiger partial charge in [-0.15, -0.1) is 10.2 Å². The van der Waals surface area contributed by atoms with Crippen LogP contribution in [-0.4, -0.2) is 38.9 Å². The van der Waals surface area contributed by atoms with Crippen LogP contribution >= 0.6 is 0 Å². The van der Waals surface area contributed by atoms with Crippen LogP contribution in [0, 0.1) is 0 Å². The first kappa shape index (κ1) is 14.1. The topological polar surface area (TPSA) is 62.4 Å². The summed E-state index contributed by atoms with van der Waals surface area (Å²) in [5.41, 5.74) is -0.724. The summed E-state index contributed by atoms with van der Waals surface area (Å²) in [7, 11) is 0. The molecule has 0 saturated heterocycles. The number of aromatic nitrogens is 2. The second-order valence-electron chi connectivity index (χ2n) is 4.94. The predicted octanol–water partition coefficient (Wildman–Crippen LogP) is 1.79. The lowest BCUT2D eigenvalue weighted by molar-refractivity contribution is 0.0208. The summed E-state index contributed by atoms with van der Waals surface area (Å²) in [6.45, 7) is 11.1. The van der Waals surface area contributed by atoms with Gasteiger partial charge < -0.3 is 9.52 Å². The second kappa shape index (κ2) is 5.60. The molecule has 1 heterocycles. The molecule has 0 aliphatic rings. The van der Waals surface area contributed by atoms with E-state index in [1.807, 2.05) is 13.8 Å². The fourth-order valence-electron chi connectivity index (χ4n) is 1.75. The molecule has 0 amide bonds. The molecule has 5 heteroatoms. The van der Waals surface area contributed by atoms with Crippen LogP contribution in [0.1, 0.15) is 52.4 Å². The van der Waals surface area contributed by atoms with Crippen LogP contribution in [-0.2, 0) is 6.42 Å². The largest absolute Gasteiger partial charge is 0.424 e. The molecule has 17 heavy (non-hydrogen) atoms. The molecule has 0 aromatic carbocycles. The van der Waals surface area contributed by atoms with E-state index >= 15 is 0 Å². The molecule has 0 spiro atoms. The van der Waals surface area contributed by atoms with Gasteiger partial charge in [0.15, 0.2) is 0 Å². The summed E-state index contributed by atoms with van der Waals surface area (Å²) in [6.07, 6.45) is 0.747. The summed E-state index contributed by atoms with van der Waals surface area (Å²) < 4.78 is 5.55. The van der Waals surface area contributed by atoms with Gasteiger partial charge in [-0.2, -0.15) is 0 Å². The molecule has 5 nitrogen and oxygen atoms in total. The molecule has 0 aliphatic carbocycles. The lowest BCUT2D eigenvalue weighted by Gasteiger charge is -2.31. The number of likely N-dealkylation sites (N-methyl/N-ethyl adjacent to an activating group) is 1. The maximum absolute atomic E-state index is 9.86. The number of nitrogens with zero attached hydrogens (tertiary/aromatic N) is 3. The lowest BCUT2D eigenvalue weighted by Crippen LogP contribution is -2.40. The fourth-order valence-corrected chi connectivity index (χ4v) is 1.75. The van der Waals surface area contributed by atoms with E-state index in [9.17, 15) is 5.11 Å². The van der Waals surface area contributed by atoms with Crippen molar-refractivity contribution in [3.05, 3.63) is 11.8 Å². The van der Waals surface area contributed by atoms with Gasteiger partial charge in [-0.05, 0) is 27.3 Å². The molecular formula is C12H23N3O2. The maximum atomic E-state index is 9.86. The predicted molar refractivity (Wildman–Crippen MR) is 65.6 cm³/mol. The number of aliphatic hydroxyl groups is 1. The van der Waals surface area contributed by atoms with Crippen molar-refractivity contribution < 1.29 is 9.52 Å². The van der Waals surface area contributed by atoms with E-state index < -0.39 is 5.60 Å². The van der Waals surface area contributed by atoms with E-state index in [4.69, 9.17) is 4.42 Å². The smallest absolute Gasteiger partial charge is 0.233 e. The molecule has 1 N–H and O–H groups in total. The van der Waals surface area contributed by atoms with Gasteiger partial charge in [0.05, 0.1) is 11.6 Å². The van der Waals surface area contributed by atoms with E-state index in [0.717, 1.165) is 13.0 Å². The van der Waals surface area contributed by atoms with Gasteiger partial charge in [0, 0.05) is 13.0 Å². The van der Waals surface area contributed by atoms with E-state index in [1.165, 1.54) is 0 Å². The van der Waals surface area contributed by atoms with Gasteiger partial charge in [0.2, 0.25) is 11.8 Å². The molecule has 1 aromatic heterocycles. The van der Waals surface area contributed by atoms with E-state index in [0.29, 0.717) is 18.3 Å². The summed E-state index contributed by atoms with van der Waals surface area (Å²) in [5.74, 6) is 1.28. The highest BCUT2D eigenvalue weighted by molar-refractivity contribution is 4.90. The van der Waals surface area contributed by atoms with Gasteiger partial charge >= 0.3 is 0 Å². The number of hydrogen-bond donors (Lipinski definition) is 1. The third kappa shape index (κ3) is 4.09. The van der Waals surface area contributed by atoms with Crippen molar-refractivity contribution in [3.8, 4) is 0 Å². The van der Waals surface area contributed by atoms with Gasteiger partial charge in [-0.25, -0.2) is 0 Å². The standard InChI is InChI=1S/C12H23N3O2/c1-6-10-13-14-11(17-10)9(3)15(7-2)8-12(4,5)16/h9,16H,6-8H2,1-5H3. The Balaban J connectivity index is 2.75. The van der Waals surface area contributed by atoms with Crippen LogP contribution < -0.4 is 0 Å². The Morgan fingerprint density at radius 2 is 2.00 bits per heavy atom. The summed E-state index contributed by atoms with van der Waals surface area (Å²) in [5, 5.41) is 17.9. The molecule has 0 bridgehead atoms. The summed E-state index contributed by atoms with van der Waals surface area (Å²) >= 11 is 0.